The lowest BCUT2D eigenvalue weighted by Gasteiger charge is -2.18. The molecule has 1 atom stereocenters. The van der Waals surface area contributed by atoms with Gasteiger partial charge in [-0.15, -0.1) is 11.6 Å². The Morgan fingerprint density at radius 1 is 1.05 bits per heavy atom. The van der Waals surface area contributed by atoms with Gasteiger partial charge in [-0.3, -0.25) is 0 Å². The highest BCUT2D eigenvalue weighted by Crippen LogP contribution is 2.39. The monoisotopic (exact) mass is 290 g/mol. The van der Waals surface area contributed by atoms with E-state index in [9.17, 15) is 0 Å². The van der Waals surface area contributed by atoms with Crippen LogP contribution in [0.3, 0.4) is 0 Å². The SMILES string of the molecule is CCOc1ccccc1C(Cl)c1cc(C)ccc1OC. The largest absolute Gasteiger partial charge is 0.496 e. The van der Waals surface area contributed by atoms with Gasteiger partial charge in [0, 0.05) is 11.1 Å². The highest BCUT2D eigenvalue weighted by Gasteiger charge is 2.19. The van der Waals surface area contributed by atoms with Gasteiger partial charge in [0.05, 0.1) is 19.1 Å². The zero-order chi connectivity index (χ0) is 14.5. The van der Waals surface area contributed by atoms with Crippen molar-refractivity contribution in [2.45, 2.75) is 19.2 Å². The van der Waals surface area contributed by atoms with Gasteiger partial charge in [0.25, 0.3) is 0 Å². The highest BCUT2D eigenvalue weighted by atomic mass is 35.5. The lowest BCUT2D eigenvalue weighted by atomic mass is 10.0. The fourth-order valence-electron chi connectivity index (χ4n) is 2.20. The summed E-state index contributed by atoms with van der Waals surface area (Å²) in [5.74, 6) is 1.61. The zero-order valence-corrected chi connectivity index (χ0v) is 12.8. The summed E-state index contributed by atoms with van der Waals surface area (Å²) in [6, 6.07) is 13.9. The summed E-state index contributed by atoms with van der Waals surface area (Å²) in [6.07, 6.45) is 0. The number of rotatable bonds is 5. The van der Waals surface area contributed by atoms with Crippen molar-refractivity contribution in [3.63, 3.8) is 0 Å². The number of hydrogen-bond donors (Lipinski definition) is 0. The third-order valence-electron chi connectivity index (χ3n) is 3.15. The first-order valence-electron chi connectivity index (χ1n) is 6.67. The van der Waals surface area contributed by atoms with Crippen LogP contribution in [0.2, 0.25) is 0 Å². The molecule has 1 unspecified atom stereocenters. The van der Waals surface area contributed by atoms with Crippen molar-refractivity contribution in [2.75, 3.05) is 13.7 Å². The molecule has 2 aromatic carbocycles. The van der Waals surface area contributed by atoms with Gasteiger partial charge in [-0.1, -0.05) is 35.9 Å². The molecule has 0 radical (unpaired) electrons. The van der Waals surface area contributed by atoms with Crippen LogP contribution in [0.4, 0.5) is 0 Å². The Bertz CT molecular complexity index is 581. The van der Waals surface area contributed by atoms with Gasteiger partial charge in [-0.2, -0.15) is 0 Å². The number of para-hydroxylation sites is 1. The molecule has 3 heteroatoms. The topological polar surface area (TPSA) is 18.5 Å². The van der Waals surface area contributed by atoms with Gasteiger partial charge in [-0.05, 0) is 26.0 Å². The molecule has 106 valence electrons. The molecule has 0 aliphatic heterocycles. The summed E-state index contributed by atoms with van der Waals surface area (Å²) in [5.41, 5.74) is 3.07. The van der Waals surface area contributed by atoms with Crippen molar-refractivity contribution in [3.8, 4) is 11.5 Å². The first-order valence-corrected chi connectivity index (χ1v) is 7.11. The van der Waals surface area contributed by atoms with Crippen molar-refractivity contribution in [3.05, 3.63) is 59.2 Å². The van der Waals surface area contributed by atoms with Crippen molar-refractivity contribution < 1.29 is 9.47 Å². The van der Waals surface area contributed by atoms with E-state index >= 15 is 0 Å². The second kappa shape index (κ2) is 6.67. The van der Waals surface area contributed by atoms with E-state index < -0.39 is 0 Å². The van der Waals surface area contributed by atoms with E-state index in [0.29, 0.717) is 6.61 Å². The molecule has 20 heavy (non-hydrogen) atoms. The minimum absolute atomic E-state index is 0.299. The van der Waals surface area contributed by atoms with Gasteiger partial charge in [0.2, 0.25) is 0 Å². The Balaban J connectivity index is 2.45. The molecule has 2 aromatic rings. The van der Waals surface area contributed by atoms with Crippen molar-refractivity contribution in [1.82, 2.24) is 0 Å². The summed E-state index contributed by atoms with van der Waals surface area (Å²) in [5, 5.41) is -0.299. The Morgan fingerprint density at radius 2 is 1.80 bits per heavy atom. The second-order valence-corrected chi connectivity index (χ2v) is 5.02. The van der Waals surface area contributed by atoms with E-state index in [1.165, 1.54) is 0 Å². The summed E-state index contributed by atoms with van der Waals surface area (Å²) in [7, 11) is 1.66. The van der Waals surface area contributed by atoms with Crippen LogP contribution in [0.15, 0.2) is 42.5 Å². The molecule has 0 aliphatic rings. The summed E-state index contributed by atoms with van der Waals surface area (Å²) in [4.78, 5) is 0. The zero-order valence-electron chi connectivity index (χ0n) is 12.0. The van der Waals surface area contributed by atoms with E-state index in [1.54, 1.807) is 7.11 Å². The van der Waals surface area contributed by atoms with E-state index in [2.05, 4.69) is 6.07 Å². The molecule has 0 saturated heterocycles. The summed E-state index contributed by atoms with van der Waals surface area (Å²) in [6.45, 7) is 4.62. The number of aryl methyl sites for hydroxylation is 1. The Labute approximate surface area is 125 Å². The van der Waals surface area contributed by atoms with Crippen molar-refractivity contribution in [2.24, 2.45) is 0 Å². The number of hydrogen-bond acceptors (Lipinski definition) is 2. The van der Waals surface area contributed by atoms with Crippen LogP contribution in [0.1, 0.15) is 29.0 Å². The van der Waals surface area contributed by atoms with E-state index in [4.69, 9.17) is 21.1 Å². The molecule has 2 rings (SSSR count). The maximum absolute atomic E-state index is 6.67. The van der Waals surface area contributed by atoms with E-state index in [-0.39, 0.29) is 5.38 Å². The molecule has 0 aromatic heterocycles. The van der Waals surface area contributed by atoms with Crippen LogP contribution < -0.4 is 9.47 Å². The van der Waals surface area contributed by atoms with Gasteiger partial charge >= 0.3 is 0 Å². The van der Waals surface area contributed by atoms with Crippen molar-refractivity contribution >= 4 is 11.6 Å². The maximum atomic E-state index is 6.67. The van der Waals surface area contributed by atoms with Gasteiger partial charge in [0.1, 0.15) is 11.5 Å². The molecule has 0 fully saturated rings. The molecule has 0 spiro atoms. The number of methoxy groups -OCH3 is 1. The van der Waals surface area contributed by atoms with Crippen LogP contribution in [0.25, 0.3) is 0 Å². The Morgan fingerprint density at radius 3 is 2.50 bits per heavy atom. The predicted molar refractivity (Wildman–Crippen MR) is 83.0 cm³/mol. The van der Waals surface area contributed by atoms with E-state index in [1.807, 2.05) is 50.2 Å². The normalized spacial score (nSPS) is 12.0. The minimum Gasteiger partial charge on any atom is -0.496 e. The minimum atomic E-state index is -0.299. The predicted octanol–water partition coefficient (Wildman–Crippen LogP) is 4.73. The highest BCUT2D eigenvalue weighted by molar-refractivity contribution is 6.23. The number of alkyl halides is 1. The molecule has 2 nitrogen and oxygen atoms in total. The third kappa shape index (κ3) is 3.07. The fourth-order valence-corrected chi connectivity index (χ4v) is 2.55. The lowest BCUT2D eigenvalue weighted by Crippen LogP contribution is -2.02. The molecule has 0 saturated carbocycles. The van der Waals surface area contributed by atoms with Crippen LogP contribution in [-0.2, 0) is 0 Å². The summed E-state index contributed by atoms with van der Waals surface area (Å²) < 4.78 is 11.1. The Kier molecular flexibility index (Phi) is 4.91. The first kappa shape index (κ1) is 14.7. The molecular formula is C17H19ClO2. The number of benzene rings is 2. The third-order valence-corrected chi connectivity index (χ3v) is 3.62. The molecule has 0 aliphatic carbocycles. The van der Waals surface area contributed by atoms with Gasteiger partial charge in [0.15, 0.2) is 0 Å². The smallest absolute Gasteiger partial charge is 0.124 e. The molecule has 0 N–H and O–H groups in total. The van der Waals surface area contributed by atoms with Crippen LogP contribution >= 0.6 is 11.6 Å². The molecular weight excluding hydrogens is 272 g/mol. The maximum Gasteiger partial charge on any atom is 0.124 e. The average Bonchev–Trinajstić information content (AvgIpc) is 2.47. The summed E-state index contributed by atoms with van der Waals surface area (Å²) >= 11 is 6.67. The second-order valence-electron chi connectivity index (χ2n) is 4.58. The van der Waals surface area contributed by atoms with E-state index in [0.717, 1.165) is 28.2 Å². The van der Waals surface area contributed by atoms with Gasteiger partial charge < -0.3 is 9.47 Å². The Hall–Kier alpha value is -1.67. The van der Waals surface area contributed by atoms with Crippen LogP contribution in [0.5, 0.6) is 11.5 Å². The van der Waals surface area contributed by atoms with Crippen LogP contribution in [0, 0.1) is 6.92 Å². The van der Waals surface area contributed by atoms with Crippen LogP contribution in [-0.4, -0.2) is 13.7 Å². The standard InChI is InChI=1S/C17H19ClO2/c1-4-20-16-8-6-5-7-13(16)17(18)14-11-12(2)9-10-15(14)19-3/h5-11,17H,4H2,1-3H3. The first-order chi connectivity index (χ1) is 9.67. The lowest BCUT2D eigenvalue weighted by molar-refractivity contribution is 0.336. The fraction of sp³-hybridized carbons (Fsp3) is 0.294. The average molecular weight is 291 g/mol. The number of halogens is 1. The molecule has 0 heterocycles. The number of ether oxygens (including phenoxy) is 2. The van der Waals surface area contributed by atoms with Crippen molar-refractivity contribution in [1.29, 1.82) is 0 Å². The molecule has 0 amide bonds. The quantitative estimate of drug-likeness (QED) is 0.741. The van der Waals surface area contributed by atoms with Gasteiger partial charge in [-0.25, -0.2) is 0 Å². The molecule has 0 bridgehead atoms.